The number of benzene rings is 3. The molecule has 0 aliphatic carbocycles. The zero-order valence-electron chi connectivity index (χ0n) is 31.1. The zero-order valence-corrected chi connectivity index (χ0v) is 31.1. The highest BCUT2D eigenvalue weighted by Gasteiger charge is 2.28. The van der Waals surface area contributed by atoms with Gasteiger partial charge in [0.2, 0.25) is 17.3 Å². The number of phenolic OH excluding ortho intramolecular Hbond substituents is 1. The van der Waals surface area contributed by atoms with Crippen molar-refractivity contribution in [3.8, 4) is 28.4 Å². The summed E-state index contributed by atoms with van der Waals surface area (Å²) in [5.74, 6) is 2.37. The summed E-state index contributed by atoms with van der Waals surface area (Å²) < 4.78 is 6.21. The van der Waals surface area contributed by atoms with Crippen LogP contribution in [0.3, 0.4) is 0 Å². The van der Waals surface area contributed by atoms with E-state index in [1.807, 2.05) is 52.9 Å². The number of imidazole rings is 3. The topological polar surface area (TPSA) is 97.9 Å². The van der Waals surface area contributed by atoms with Crippen molar-refractivity contribution in [2.75, 3.05) is 0 Å². The van der Waals surface area contributed by atoms with Gasteiger partial charge in [0.05, 0.1) is 39.1 Å². The summed E-state index contributed by atoms with van der Waals surface area (Å²) in [5, 5.41) is 11.9. The molecule has 1 N–H and O–H groups in total. The highest BCUT2D eigenvalue weighted by atomic mass is 16.3. The summed E-state index contributed by atoms with van der Waals surface area (Å²) in [6.45, 7) is 19.6. The van der Waals surface area contributed by atoms with Gasteiger partial charge in [-0.3, -0.25) is 0 Å². The molecule has 52 heavy (non-hydrogen) atoms. The lowest BCUT2D eigenvalue weighted by Gasteiger charge is -2.28. The molecule has 9 heteroatoms. The average molecular weight is 687 g/mol. The minimum absolute atomic E-state index is 0.127. The summed E-state index contributed by atoms with van der Waals surface area (Å²) in [4.78, 5) is 25.9. The molecule has 0 amide bonds. The summed E-state index contributed by atoms with van der Waals surface area (Å²) in [7, 11) is 0. The van der Waals surface area contributed by atoms with E-state index in [9.17, 15) is 5.11 Å². The number of pyridine rings is 2. The number of nitrogens with zero attached hydrogens (tertiary/aromatic N) is 8. The van der Waals surface area contributed by atoms with Crippen molar-refractivity contribution in [1.29, 1.82) is 0 Å². The highest BCUT2D eigenvalue weighted by Crippen LogP contribution is 2.43. The maximum Gasteiger partial charge on any atom is 0.226 e. The predicted octanol–water partition coefficient (Wildman–Crippen LogP) is 9.81. The third-order valence-corrected chi connectivity index (χ3v) is 10.2. The maximum absolute atomic E-state index is 11.9. The van der Waals surface area contributed by atoms with Crippen LogP contribution in [0, 0.1) is 0 Å². The standard InChI is InChI=1S/C43H42N8O/c1-41(2,3)24-20-26(36(52)27(21-24)43(7,8)9)32-22-25(42(4,5)6)23-33(44-32)28-18-19-31-37(45-28)51-39-47-30-15-11-13-17-35(30)49(39)38-46-29-14-10-12-16-34(29)50(38)40(51)48-31/h10-23,52H,1-9H3. The monoisotopic (exact) mass is 686 g/mol. The Morgan fingerprint density at radius 2 is 0.981 bits per heavy atom. The largest absolute Gasteiger partial charge is 0.507 e. The lowest BCUT2D eigenvalue weighted by Crippen LogP contribution is -2.17. The van der Waals surface area contributed by atoms with Crippen molar-refractivity contribution < 1.29 is 5.11 Å². The van der Waals surface area contributed by atoms with Crippen LogP contribution in [0.5, 0.6) is 5.75 Å². The molecule has 0 unspecified atom stereocenters. The summed E-state index contributed by atoms with van der Waals surface area (Å²) in [5.41, 5.74) is 10.5. The number of phenols is 1. The number of aromatic nitrogens is 8. The first-order chi connectivity index (χ1) is 24.6. The van der Waals surface area contributed by atoms with Crippen molar-refractivity contribution in [3.63, 3.8) is 0 Å². The van der Waals surface area contributed by atoms with Gasteiger partial charge >= 0.3 is 0 Å². The molecule has 0 spiro atoms. The number of fused-ring (bicyclic) bond motifs is 12. The van der Waals surface area contributed by atoms with Gasteiger partial charge in [-0.05, 0) is 82.0 Å². The average Bonchev–Trinajstić information content (AvgIpc) is 3.77. The predicted molar refractivity (Wildman–Crippen MR) is 209 cm³/mol. The molecule has 0 aliphatic heterocycles. The number of aromatic hydroxyl groups is 1. The molecule has 260 valence electrons. The van der Waals surface area contributed by atoms with Crippen molar-refractivity contribution in [2.24, 2.45) is 0 Å². The van der Waals surface area contributed by atoms with Gasteiger partial charge in [-0.25, -0.2) is 38.1 Å². The van der Waals surface area contributed by atoms with Crippen LogP contribution in [0.2, 0.25) is 0 Å². The molecule has 0 atom stereocenters. The minimum Gasteiger partial charge on any atom is -0.507 e. The van der Waals surface area contributed by atoms with Crippen molar-refractivity contribution in [3.05, 3.63) is 102 Å². The fourth-order valence-corrected chi connectivity index (χ4v) is 7.21. The molecule has 0 saturated heterocycles. The Kier molecular flexibility index (Phi) is 6.55. The molecule has 0 fully saturated rings. The minimum atomic E-state index is -0.269. The van der Waals surface area contributed by atoms with E-state index in [0.29, 0.717) is 28.6 Å². The van der Waals surface area contributed by atoms with Gasteiger partial charge in [0.15, 0.2) is 5.65 Å². The number of para-hydroxylation sites is 4. The van der Waals surface area contributed by atoms with Crippen molar-refractivity contribution in [2.45, 2.75) is 78.6 Å². The molecular formula is C43H42N8O. The maximum atomic E-state index is 11.9. The van der Waals surface area contributed by atoms with Gasteiger partial charge in [0.25, 0.3) is 0 Å². The van der Waals surface area contributed by atoms with Crippen LogP contribution in [-0.2, 0) is 16.2 Å². The Morgan fingerprint density at radius 1 is 0.462 bits per heavy atom. The van der Waals surface area contributed by atoms with E-state index < -0.39 is 0 Å². The van der Waals surface area contributed by atoms with E-state index in [1.165, 1.54) is 0 Å². The molecule has 3 aromatic carbocycles. The van der Waals surface area contributed by atoms with Crippen molar-refractivity contribution in [1.82, 2.24) is 38.1 Å². The number of rotatable bonds is 2. The molecule has 9 rings (SSSR count). The Morgan fingerprint density at radius 3 is 1.56 bits per heavy atom. The molecule has 6 heterocycles. The molecule has 0 radical (unpaired) electrons. The summed E-state index contributed by atoms with van der Waals surface area (Å²) in [6, 6.07) is 28.7. The van der Waals surface area contributed by atoms with Crippen LogP contribution in [0.15, 0.2) is 84.9 Å². The second-order valence-electron chi connectivity index (χ2n) is 17.1. The van der Waals surface area contributed by atoms with Crippen LogP contribution < -0.4 is 0 Å². The highest BCUT2D eigenvalue weighted by molar-refractivity contribution is 5.90. The molecule has 9 aromatic rings. The fourth-order valence-electron chi connectivity index (χ4n) is 7.21. The quantitative estimate of drug-likeness (QED) is 0.194. The molecular weight excluding hydrogens is 645 g/mol. The normalized spacial score (nSPS) is 13.2. The SMILES string of the molecule is CC(C)(C)c1cc(-c2ccc3nc4n5c6ccccc6nc5n5c6ccccc6nc5n4c3n2)nc(-c2cc(C(C)(C)C)cc(C(C)(C)C)c2O)c1. The van der Waals surface area contributed by atoms with Gasteiger partial charge in [0, 0.05) is 11.1 Å². The summed E-state index contributed by atoms with van der Waals surface area (Å²) >= 11 is 0. The molecule has 0 saturated carbocycles. The third kappa shape index (κ3) is 4.78. The molecule has 6 aromatic heterocycles. The summed E-state index contributed by atoms with van der Waals surface area (Å²) in [6.07, 6.45) is 0. The van der Waals surface area contributed by atoms with Crippen LogP contribution in [-0.4, -0.2) is 43.2 Å². The Bertz CT molecular complexity index is 2880. The van der Waals surface area contributed by atoms with Gasteiger partial charge < -0.3 is 5.11 Å². The Hall–Kier alpha value is -5.83. The first-order valence-corrected chi connectivity index (χ1v) is 17.8. The number of hydrogen-bond donors (Lipinski definition) is 1. The second kappa shape index (κ2) is 10.6. The lowest BCUT2D eigenvalue weighted by atomic mass is 9.78. The Labute approximate surface area is 301 Å². The van der Waals surface area contributed by atoms with E-state index >= 15 is 0 Å². The first kappa shape index (κ1) is 32.1. The van der Waals surface area contributed by atoms with Gasteiger partial charge in [-0.15, -0.1) is 0 Å². The van der Waals surface area contributed by atoms with E-state index in [2.05, 4.69) is 108 Å². The molecule has 9 nitrogen and oxygen atoms in total. The van der Waals surface area contributed by atoms with Crippen LogP contribution in [0.4, 0.5) is 0 Å². The molecule has 0 bridgehead atoms. The van der Waals surface area contributed by atoms with Crippen molar-refractivity contribution >= 4 is 50.6 Å². The third-order valence-electron chi connectivity index (χ3n) is 10.2. The second-order valence-corrected chi connectivity index (χ2v) is 17.1. The Balaban J connectivity index is 1.35. The van der Waals surface area contributed by atoms with Gasteiger partial charge in [-0.1, -0.05) is 92.6 Å². The number of hydrogen-bond acceptors (Lipinski definition) is 6. The van der Waals surface area contributed by atoms with Crippen LogP contribution in [0.1, 0.15) is 79.0 Å². The fraction of sp³-hybridized carbons (Fsp3) is 0.279. The first-order valence-electron chi connectivity index (χ1n) is 17.8. The van der Waals surface area contributed by atoms with Crippen LogP contribution in [0.25, 0.3) is 73.2 Å². The van der Waals surface area contributed by atoms with Crippen LogP contribution >= 0.6 is 0 Å². The van der Waals surface area contributed by atoms with E-state index in [1.54, 1.807) is 0 Å². The molecule has 0 aliphatic rings. The van der Waals surface area contributed by atoms with E-state index in [4.69, 9.17) is 24.9 Å². The van der Waals surface area contributed by atoms with E-state index in [0.717, 1.165) is 61.3 Å². The zero-order chi connectivity index (χ0) is 36.5. The lowest BCUT2D eigenvalue weighted by molar-refractivity contribution is 0.446. The van der Waals surface area contributed by atoms with Gasteiger partial charge in [-0.2, -0.15) is 0 Å². The van der Waals surface area contributed by atoms with E-state index in [-0.39, 0.29) is 22.0 Å². The smallest absolute Gasteiger partial charge is 0.226 e. The van der Waals surface area contributed by atoms with Gasteiger partial charge in [0.1, 0.15) is 11.3 Å².